The highest BCUT2D eigenvalue weighted by molar-refractivity contribution is 6.07. The molecule has 114 valence electrons. The first-order chi connectivity index (χ1) is 10.6. The van der Waals surface area contributed by atoms with Crippen molar-refractivity contribution in [1.82, 2.24) is 9.97 Å². The predicted molar refractivity (Wildman–Crippen MR) is 87.9 cm³/mol. The van der Waals surface area contributed by atoms with Crippen LogP contribution in [0.1, 0.15) is 18.4 Å². The number of furan rings is 1. The topological polar surface area (TPSA) is 94.2 Å². The molecular weight excluding hydrogens is 278 g/mol. The molecule has 22 heavy (non-hydrogen) atoms. The number of hydrogen-bond donors (Lipinski definition) is 2. The van der Waals surface area contributed by atoms with Crippen molar-refractivity contribution in [3.63, 3.8) is 0 Å². The van der Waals surface area contributed by atoms with E-state index in [-0.39, 0.29) is 12.0 Å². The Labute approximate surface area is 128 Å². The minimum Gasteiger partial charge on any atom is -0.450 e. The zero-order chi connectivity index (χ0) is 15.3. The first-order valence-corrected chi connectivity index (χ1v) is 7.59. The number of anilines is 2. The number of aryl methyl sites for hydroxylation is 1. The summed E-state index contributed by atoms with van der Waals surface area (Å²) in [6.07, 6.45) is 2.09. The zero-order valence-electron chi connectivity index (χ0n) is 12.5. The van der Waals surface area contributed by atoms with Crippen LogP contribution in [-0.2, 0) is 0 Å². The van der Waals surface area contributed by atoms with Gasteiger partial charge in [-0.15, -0.1) is 0 Å². The Morgan fingerprint density at radius 3 is 3.00 bits per heavy atom. The van der Waals surface area contributed by atoms with E-state index in [1.54, 1.807) is 0 Å². The lowest BCUT2D eigenvalue weighted by atomic mass is 10.1. The van der Waals surface area contributed by atoms with Crippen molar-refractivity contribution in [2.75, 3.05) is 23.7 Å². The molecule has 0 radical (unpaired) electrons. The molecule has 1 atom stereocenters. The van der Waals surface area contributed by atoms with E-state index in [1.807, 2.05) is 25.1 Å². The Balaban J connectivity index is 1.98. The van der Waals surface area contributed by atoms with Crippen molar-refractivity contribution >= 4 is 33.8 Å². The summed E-state index contributed by atoms with van der Waals surface area (Å²) in [6.45, 7) is 3.73. The minimum atomic E-state index is 0.158. The maximum atomic E-state index is 6.10. The van der Waals surface area contributed by atoms with Gasteiger partial charge in [0.05, 0.1) is 0 Å². The Hall–Kier alpha value is -2.34. The van der Waals surface area contributed by atoms with E-state index in [2.05, 4.69) is 14.9 Å². The fraction of sp³-hybridized carbons (Fsp3) is 0.375. The number of rotatable bonds is 1. The van der Waals surface area contributed by atoms with Gasteiger partial charge in [-0.2, -0.15) is 4.98 Å². The van der Waals surface area contributed by atoms with Crippen LogP contribution in [0.5, 0.6) is 0 Å². The van der Waals surface area contributed by atoms with E-state index in [9.17, 15) is 0 Å². The smallest absolute Gasteiger partial charge is 0.222 e. The molecule has 0 spiro atoms. The lowest BCUT2D eigenvalue weighted by molar-refractivity contribution is 0.502. The lowest BCUT2D eigenvalue weighted by Gasteiger charge is -2.31. The number of nitrogens with zero attached hydrogens (tertiary/aromatic N) is 3. The molecule has 4 N–H and O–H groups in total. The average Bonchev–Trinajstić information content (AvgIpc) is 2.86. The van der Waals surface area contributed by atoms with Crippen LogP contribution in [0.3, 0.4) is 0 Å². The Morgan fingerprint density at radius 2 is 2.18 bits per heavy atom. The zero-order valence-corrected chi connectivity index (χ0v) is 12.5. The quantitative estimate of drug-likeness (QED) is 0.715. The van der Waals surface area contributed by atoms with Crippen LogP contribution in [0.25, 0.3) is 22.1 Å². The SMILES string of the molecule is Cc1cccc2oc3c(N4CCCC(N)C4)nc(N)nc3c12. The van der Waals surface area contributed by atoms with Gasteiger partial charge in [0.2, 0.25) is 5.95 Å². The van der Waals surface area contributed by atoms with Crippen LogP contribution in [0.4, 0.5) is 11.8 Å². The normalized spacial score (nSPS) is 19.2. The molecule has 0 amide bonds. The van der Waals surface area contributed by atoms with Crippen molar-refractivity contribution in [1.29, 1.82) is 0 Å². The summed E-state index contributed by atoms with van der Waals surface area (Å²) in [4.78, 5) is 11.0. The van der Waals surface area contributed by atoms with Gasteiger partial charge in [0, 0.05) is 24.5 Å². The highest BCUT2D eigenvalue weighted by Gasteiger charge is 2.24. The molecule has 0 bridgehead atoms. The number of piperidine rings is 1. The summed E-state index contributed by atoms with van der Waals surface area (Å²) < 4.78 is 6.04. The Kier molecular flexibility index (Phi) is 2.94. The van der Waals surface area contributed by atoms with Crippen LogP contribution in [0, 0.1) is 6.92 Å². The molecule has 1 fully saturated rings. The largest absolute Gasteiger partial charge is 0.450 e. The van der Waals surface area contributed by atoms with E-state index in [0.717, 1.165) is 53.8 Å². The van der Waals surface area contributed by atoms with E-state index < -0.39 is 0 Å². The van der Waals surface area contributed by atoms with Gasteiger partial charge in [0.1, 0.15) is 11.1 Å². The predicted octanol–water partition coefficient (Wildman–Crippen LogP) is 2.19. The van der Waals surface area contributed by atoms with E-state index in [1.165, 1.54) is 0 Å². The van der Waals surface area contributed by atoms with Crippen LogP contribution < -0.4 is 16.4 Å². The van der Waals surface area contributed by atoms with Gasteiger partial charge in [0.15, 0.2) is 11.4 Å². The van der Waals surface area contributed by atoms with Crippen molar-refractivity contribution < 1.29 is 4.42 Å². The number of hydrogen-bond acceptors (Lipinski definition) is 6. The molecule has 3 heterocycles. The van der Waals surface area contributed by atoms with E-state index in [4.69, 9.17) is 15.9 Å². The van der Waals surface area contributed by atoms with Gasteiger partial charge in [0.25, 0.3) is 0 Å². The van der Waals surface area contributed by atoms with Crippen LogP contribution in [0.15, 0.2) is 22.6 Å². The maximum absolute atomic E-state index is 6.10. The molecule has 4 rings (SSSR count). The first-order valence-electron chi connectivity index (χ1n) is 7.59. The third-order valence-corrected chi connectivity index (χ3v) is 4.31. The second-order valence-corrected chi connectivity index (χ2v) is 5.98. The van der Waals surface area contributed by atoms with Crippen LogP contribution in [0.2, 0.25) is 0 Å². The van der Waals surface area contributed by atoms with Crippen molar-refractivity contribution in [3.05, 3.63) is 23.8 Å². The number of nitrogens with two attached hydrogens (primary N) is 2. The molecule has 0 saturated carbocycles. The third kappa shape index (κ3) is 1.99. The third-order valence-electron chi connectivity index (χ3n) is 4.31. The van der Waals surface area contributed by atoms with E-state index in [0.29, 0.717) is 5.58 Å². The second kappa shape index (κ2) is 4.84. The molecule has 1 aromatic carbocycles. The van der Waals surface area contributed by atoms with Crippen molar-refractivity contribution in [2.45, 2.75) is 25.8 Å². The molecule has 1 saturated heterocycles. The van der Waals surface area contributed by atoms with Crippen molar-refractivity contribution in [3.8, 4) is 0 Å². The highest BCUT2D eigenvalue weighted by atomic mass is 16.3. The molecule has 2 aromatic heterocycles. The van der Waals surface area contributed by atoms with Gasteiger partial charge in [-0.25, -0.2) is 4.98 Å². The summed E-state index contributed by atoms with van der Waals surface area (Å²) in [5, 5.41) is 1.01. The standard InChI is InChI=1S/C16H19N5O/c1-9-4-2-6-11-12(9)13-14(22-11)15(20-16(18)19-13)21-7-3-5-10(17)8-21/h2,4,6,10H,3,5,7-8,17H2,1H3,(H2,18,19,20). The summed E-state index contributed by atoms with van der Waals surface area (Å²) in [6, 6.07) is 6.14. The van der Waals surface area contributed by atoms with Gasteiger partial charge in [-0.1, -0.05) is 12.1 Å². The summed E-state index contributed by atoms with van der Waals surface area (Å²) in [7, 11) is 0. The van der Waals surface area contributed by atoms with Crippen LogP contribution >= 0.6 is 0 Å². The molecular formula is C16H19N5O. The summed E-state index contributed by atoms with van der Waals surface area (Å²) in [5.41, 5.74) is 15.5. The van der Waals surface area contributed by atoms with Gasteiger partial charge < -0.3 is 20.8 Å². The number of nitrogen functional groups attached to an aromatic ring is 1. The lowest BCUT2D eigenvalue weighted by Crippen LogP contribution is -2.43. The second-order valence-electron chi connectivity index (χ2n) is 5.98. The maximum Gasteiger partial charge on any atom is 0.222 e. The monoisotopic (exact) mass is 297 g/mol. The molecule has 0 aliphatic carbocycles. The fourth-order valence-corrected chi connectivity index (χ4v) is 3.27. The molecule has 1 unspecified atom stereocenters. The molecule has 1 aliphatic rings. The molecule has 6 nitrogen and oxygen atoms in total. The van der Waals surface area contributed by atoms with Gasteiger partial charge >= 0.3 is 0 Å². The summed E-state index contributed by atoms with van der Waals surface area (Å²) in [5.74, 6) is 1.03. The van der Waals surface area contributed by atoms with Crippen molar-refractivity contribution in [2.24, 2.45) is 5.73 Å². The van der Waals surface area contributed by atoms with E-state index >= 15 is 0 Å². The summed E-state index contributed by atoms with van der Waals surface area (Å²) >= 11 is 0. The number of fused-ring (bicyclic) bond motifs is 3. The number of aromatic nitrogens is 2. The van der Waals surface area contributed by atoms with Crippen LogP contribution in [-0.4, -0.2) is 29.1 Å². The fourth-order valence-electron chi connectivity index (χ4n) is 3.27. The highest BCUT2D eigenvalue weighted by Crippen LogP contribution is 2.35. The molecule has 6 heteroatoms. The van der Waals surface area contributed by atoms with Gasteiger partial charge in [-0.3, -0.25) is 0 Å². The molecule has 3 aromatic rings. The Bertz CT molecular complexity index is 856. The Morgan fingerprint density at radius 1 is 1.32 bits per heavy atom. The average molecular weight is 297 g/mol. The number of benzene rings is 1. The minimum absolute atomic E-state index is 0.158. The first kappa shape index (κ1) is 13.3. The molecule has 1 aliphatic heterocycles. The van der Waals surface area contributed by atoms with Gasteiger partial charge in [-0.05, 0) is 31.4 Å².